The van der Waals surface area contributed by atoms with Crippen LogP contribution in [0.1, 0.15) is 26.2 Å². The van der Waals surface area contributed by atoms with Crippen LogP contribution in [0.3, 0.4) is 0 Å². The highest BCUT2D eigenvalue weighted by molar-refractivity contribution is 5.26. The Balaban J connectivity index is 2.05. The Morgan fingerprint density at radius 3 is 2.50 bits per heavy atom. The highest BCUT2D eigenvalue weighted by Crippen LogP contribution is 2.84. The topological polar surface area (TPSA) is 0 Å². The molecule has 3 aliphatic rings. The monoisotopic (exact) mass is 108 g/mol. The van der Waals surface area contributed by atoms with Crippen LogP contribution in [0.15, 0.2) is 0 Å². The van der Waals surface area contributed by atoms with Crippen molar-refractivity contribution in [2.24, 2.45) is 23.2 Å². The van der Waals surface area contributed by atoms with E-state index in [2.05, 4.69) is 6.92 Å². The van der Waals surface area contributed by atoms with Crippen LogP contribution in [-0.4, -0.2) is 0 Å². The van der Waals surface area contributed by atoms with Crippen molar-refractivity contribution in [2.75, 3.05) is 0 Å². The lowest BCUT2D eigenvalue weighted by Crippen LogP contribution is -1.79. The third-order valence-electron chi connectivity index (χ3n) is 4.06. The van der Waals surface area contributed by atoms with Crippen LogP contribution in [-0.2, 0) is 0 Å². The molecule has 3 rings (SSSR count). The van der Waals surface area contributed by atoms with Gasteiger partial charge in [0.1, 0.15) is 0 Å². The molecule has 0 bridgehead atoms. The fourth-order valence-electron chi connectivity index (χ4n) is 3.40. The molecule has 3 saturated carbocycles. The second-order valence-electron chi connectivity index (χ2n) is 3.99. The molecule has 44 valence electrons. The Kier molecular flexibility index (Phi) is 0.381. The fourth-order valence-corrected chi connectivity index (χ4v) is 3.40. The molecule has 0 aromatic rings. The van der Waals surface area contributed by atoms with E-state index >= 15 is 0 Å². The molecular weight excluding hydrogens is 96.1 g/mol. The Morgan fingerprint density at radius 2 is 2.25 bits per heavy atom. The van der Waals surface area contributed by atoms with Gasteiger partial charge in [0.05, 0.1) is 0 Å². The molecule has 3 aliphatic carbocycles. The van der Waals surface area contributed by atoms with Crippen molar-refractivity contribution in [3.8, 4) is 0 Å². The normalized spacial score (nSPS) is 73.9. The van der Waals surface area contributed by atoms with Crippen molar-refractivity contribution in [1.82, 2.24) is 0 Å². The van der Waals surface area contributed by atoms with Gasteiger partial charge in [0, 0.05) is 0 Å². The van der Waals surface area contributed by atoms with Crippen LogP contribution in [0.4, 0.5) is 0 Å². The molecule has 0 aromatic carbocycles. The van der Waals surface area contributed by atoms with Crippen molar-refractivity contribution in [2.45, 2.75) is 26.2 Å². The summed E-state index contributed by atoms with van der Waals surface area (Å²) in [7, 11) is 0. The summed E-state index contributed by atoms with van der Waals surface area (Å²) in [5.74, 6) is 3.55. The van der Waals surface area contributed by atoms with Crippen LogP contribution < -0.4 is 0 Å². The summed E-state index contributed by atoms with van der Waals surface area (Å²) >= 11 is 0. The van der Waals surface area contributed by atoms with Crippen molar-refractivity contribution >= 4 is 0 Å². The van der Waals surface area contributed by atoms with Crippen molar-refractivity contribution in [1.29, 1.82) is 0 Å². The maximum absolute atomic E-state index is 2.45. The van der Waals surface area contributed by atoms with Gasteiger partial charge in [-0.05, 0) is 42.4 Å². The zero-order valence-corrected chi connectivity index (χ0v) is 5.35. The van der Waals surface area contributed by atoms with E-state index in [1.165, 1.54) is 11.8 Å². The van der Waals surface area contributed by atoms with Gasteiger partial charge in [0.2, 0.25) is 0 Å². The predicted molar refractivity (Wildman–Crippen MR) is 32.4 cm³/mol. The smallest absolute Gasteiger partial charge is 0.0207 e. The van der Waals surface area contributed by atoms with Gasteiger partial charge in [-0.25, -0.2) is 0 Å². The molecule has 1 spiro atoms. The molecule has 0 amide bonds. The van der Waals surface area contributed by atoms with Crippen molar-refractivity contribution in [3.63, 3.8) is 0 Å². The second-order valence-corrected chi connectivity index (χ2v) is 3.99. The first-order valence-electron chi connectivity index (χ1n) is 3.86. The van der Waals surface area contributed by atoms with E-state index in [1.54, 1.807) is 19.3 Å². The first kappa shape index (κ1) is 3.92. The summed E-state index contributed by atoms with van der Waals surface area (Å²) in [6.07, 6.45) is 4.76. The predicted octanol–water partition coefficient (Wildman–Crippen LogP) is 2.05. The maximum Gasteiger partial charge on any atom is -0.0207 e. The summed E-state index contributed by atoms with van der Waals surface area (Å²) in [6.45, 7) is 2.45. The zero-order chi connectivity index (χ0) is 5.35. The molecule has 3 fully saturated rings. The average molecular weight is 108 g/mol. The highest BCUT2D eigenvalue weighted by atomic mass is 14.8. The molecule has 0 radical (unpaired) electrons. The van der Waals surface area contributed by atoms with Crippen molar-refractivity contribution in [3.05, 3.63) is 0 Å². The summed E-state index contributed by atoms with van der Waals surface area (Å²) in [6, 6.07) is 0. The van der Waals surface area contributed by atoms with Gasteiger partial charge in [-0.1, -0.05) is 6.92 Å². The second kappa shape index (κ2) is 0.778. The molecule has 0 nitrogen and oxygen atoms in total. The lowest BCUT2D eigenvalue weighted by atomic mass is 10.2. The van der Waals surface area contributed by atoms with Gasteiger partial charge in [0.25, 0.3) is 0 Å². The standard InChI is InChI=1S/C8H12/c1-5-7-3-2-6-4-8(5,6)7/h5-7H,2-4H2,1H3/t5?,6?,7?,8-/m0/s1. The molecule has 0 heteroatoms. The zero-order valence-electron chi connectivity index (χ0n) is 5.35. The minimum absolute atomic E-state index is 0.986. The van der Waals surface area contributed by atoms with E-state index in [9.17, 15) is 0 Å². The van der Waals surface area contributed by atoms with E-state index in [4.69, 9.17) is 0 Å². The molecule has 0 aliphatic heterocycles. The van der Waals surface area contributed by atoms with Gasteiger partial charge >= 0.3 is 0 Å². The highest BCUT2D eigenvalue weighted by Gasteiger charge is 2.78. The number of rotatable bonds is 0. The third kappa shape index (κ3) is 0.191. The molecule has 8 heavy (non-hydrogen) atoms. The summed E-state index contributed by atoms with van der Waals surface area (Å²) in [5.41, 5.74) is 0.986. The van der Waals surface area contributed by atoms with Crippen LogP contribution in [0.25, 0.3) is 0 Å². The third-order valence-corrected chi connectivity index (χ3v) is 4.06. The van der Waals surface area contributed by atoms with E-state index in [1.807, 2.05) is 0 Å². The maximum atomic E-state index is 2.45. The van der Waals surface area contributed by atoms with E-state index in [-0.39, 0.29) is 0 Å². The molecule has 4 atom stereocenters. The Hall–Kier alpha value is 0. The number of hydrogen-bond acceptors (Lipinski definition) is 0. The van der Waals surface area contributed by atoms with Crippen LogP contribution in [0, 0.1) is 23.2 Å². The largest absolute Gasteiger partial charge is 0.0617 e. The molecule has 3 unspecified atom stereocenters. The van der Waals surface area contributed by atoms with Gasteiger partial charge in [-0.3, -0.25) is 0 Å². The lowest BCUT2D eigenvalue weighted by molar-refractivity contribution is 0.608. The lowest BCUT2D eigenvalue weighted by Gasteiger charge is -1.90. The minimum Gasteiger partial charge on any atom is -0.0617 e. The Morgan fingerprint density at radius 1 is 1.38 bits per heavy atom. The summed E-state index contributed by atoms with van der Waals surface area (Å²) < 4.78 is 0. The molecule has 0 saturated heterocycles. The van der Waals surface area contributed by atoms with Crippen molar-refractivity contribution < 1.29 is 0 Å². The molecule has 0 heterocycles. The van der Waals surface area contributed by atoms with Gasteiger partial charge in [-0.15, -0.1) is 0 Å². The first-order chi connectivity index (χ1) is 3.86. The first-order valence-corrected chi connectivity index (χ1v) is 3.86. The van der Waals surface area contributed by atoms with E-state index < -0.39 is 0 Å². The average Bonchev–Trinajstić information content (AvgIpc) is 2.55. The number of hydrogen-bond donors (Lipinski definition) is 0. The van der Waals surface area contributed by atoms with E-state index in [0.29, 0.717) is 0 Å². The minimum atomic E-state index is 0.986. The molecule has 0 N–H and O–H groups in total. The quantitative estimate of drug-likeness (QED) is 0.445. The molecular formula is C8H12. The SMILES string of the molecule is CC1C2CCC3C[C@@]312. The summed E-state index contributed by atoms with van der Waals surface area (Å²) in [5, 5.41) is 0. The van der Waals surface area contributed by atoms with Crippen LogP contribution in [0.2, 0.25) is 0 Å². The summed E-state index contributed by atoms with van der Waals surface area (Å²) in [4.78, 5) is 0. The van der Waals surface area contributed by atoms with Crippen LogP contribution >= 0.6 is 0 Å². The van der Waals surface area contributed by atoms with Gasteiger partial charge in [0.15, 0.2) is 0 Å². The van der Waals surface area contributed by atoms with Gasteiger partial charge < -0.3 is 0 Å². The Labute approximate surface area is 50.3 Å². The van der Waals surface area contributed by atoms with E-state index in [0.717, 1.165) is 11.3 Å². The van der Waals surface area contributed by atoms with Gasteiger partial charge in [-0.2, -0.15) is 0 Å². The Bertz CT molecular complexity index is 146. The molecule has 0 aromatic heterocycles. The fraction of sp³-hybridized carbons (Fsp3) is 1.00. The van der Waals surface area contributed by atoms with Crippen LogP contribution in [0.5, 0.6) is 0 Å².